The van der Waals surface area contributed by atoms with Gasteiger partial charge in [-0.15, -0.1) is 0 Å². The van der Waals surface area contributed by atoms with Gasteiger partial charge in [-0.1, -0.05) is 6.92 Å². The number of ketones is 2. The molecule has 0 aliphatic carbocycles. The van der Waals surface area contributed by atoms with Crippen LogP contribution >= 0.6 is 0 Å². The van der Waals surface area contributed by atoms with Crippen LogP contribution in [0.25, 0.3) is 0 Å². The van der Waals surface area contributed by atoms with Crippen molar-refractivity contribution in [2.24, 2.45) is 0 Å². The Hall–Kier alpha value is -2.53. The van der Waals surface area contributed by atoms with Crippen molar-refractivity contribution in [2.75, 3.05) is 0 Å². The van der Waals surface area contributed by atoms with Crippen molar-refractivity contribution < 1.29 is 14.0 Å². The highest BCUT2D eigenvalue weighted by Gasteiger charge is 2.26. The minimum atomic E-state index is -2.21. The third-order valence-electron chi connectivity index (χ3n) is 2.41. The minimum absolute atomic E-state index is 0.0144. The van der Waals surface area contributed by atoms with Crippen molar-refractivity contribution in [1.82, 2.24) is 0 Å². The maximum Gasteiger partial charge on any atom is 0.220 e. The zero-order chi connectivity index (χ0) is 13.7. The number of Topliss-reactive ketones (excluding diaryl/α,β-unsaturated/α-hetero) is 2. The molecule has 1 aromatic carbocycles. The average Bonchev–Trinajstić information content (AvgIpc) is 2.43. The van der Waals surface area contributed by atoms with Gasteiger partial charge in [0.15, 0.2) is 5.78 Å². The summed E-state index contributed by atoms with van der Waals surface area (Å²) in [5.41, 5.74) is 0.00521. The fraction of sp³-hybridized carbons (Fsp3) is 0.231. The molecule has 5 heteroatoms. The Morgan fingerprint density at radius 1 is 1.28 bits per heavy atom. The standard InChI is InChI=1S/C13H9FN2O2/c1-2-11(17)12(14)13(18)8-3-4-9(6-15)10(5-8)7-16/h3-5,12H,2H2,1H3. The van der Waals surface area contributed by atoms with E-state index in [4.69, 9.17) is 10.5 Å². The van der Waals surface area contributed by atoms with E-state index < -0.39 is 17.7 Å². The molecule has 90 valence electrons. The summed E-state index contributed by atoms with van der Waals surface area (Å²) >= 11 is 0. The number of carbonyl (C=O) groups is 2. The van der Waals surface area contributed by atoms with Crippen LogP contribution in [0.15, 0.2) is 18.2 Å². The van der Waals surface area contributed by atoms with Crippen molar-refractivity contribution in [1.29, 1.82) is 10.5 Å². The third kappa shape index (κ3) is 2.58. The van der Waals surface area contributed by atoms with E-state index in [2.05, 4.69) is 0 Å². The molecule has 1 aromatic rings. The lowest BCUT2D eigenvalue weighted by atomic mass is 9.99. The molecule has 0 saturated carbocycles. The number of hydrogen-bond acceptors (Lipinski definition) is 4. The molecule has 0 aliphatic heterocycles. The van der Waals surface area contributed by atoms with Gasteiger partial charge in [-0.3, -0.25) is 9.59 Å². The molecule has 0 aliphatic rings. The molecule has 0 fully saturated rings. The first-order valence-electron chi connectivity index (χ1n) is 5.20. The predicted molar refractivity (Wildman–Crippen MR) is 60.4 cm³/mol. The van der Waals surface area contributed by atoms with Gasteiger partial charge in [0.25, 0.3) is 0 Å². The van der Waals surface area contributed by atoms with Crippen LogP contribution in [0.4, 0.5) is 4.39 Å². The van der Waals surface area contributed by atoms with E-state index in [0.717, 1.165) is 6.07 Å². The van der Waals surface area contributed by atoms with Crippen molar-refractivity contribution in [2.45, 2.75) is 19.5 Å². The Kier molecular flexibility index (Phi) is 4.28. The monoisotopic (exact) mass is 244 g/mol. The Morgan fingerprint density at radius 3 is 2.39 bits per heavy atom. The molecule has 0 spiro atoms. The average molecular weight is 244 g/mol. The van der Waals surface area contributed by atoms with Crippen LogP contribution in [0.2, 0.25) is 0 Å². The number of hydrogen-bond donors (Lipinski definition) is 0. The van der Waals surface area contributed by atoms with E-state index in [1.165, 1.54) is 19.1 Å². The smallest absolute Gasteiger partial charge is 0.220 e. The first kappa shape index (κ1) is 13.5. The number of halogens is 1. The number of nitrogens with zero attached hydrogens (tertiary/aromatic N) is 2. The Morgan fingerprint density at radius 2 is 1.89 bits per heavy atom. The zero-order valence-corrected chi connectivity index (χ0v) is 9.61. The van der Waals surface area contributed by atoms with Gasteiger partial charge in [-0.05, 0) is 18.2 Å². The summed E-state index contributed by atoms with van der Waals surface area (Å²) in [4.78, 5) is 22.7. The molecule has 0 saturated heterocycles. The van der Waals surface area contributed by atoms with Gasteiger partial charge in [0.2, 0.25) is 12.0 Å². The SMILES string of the molecule is CCC(=O)C(F)C(=O)c1ccc(C#N)c(C#N)c1. The summed E-state index contributed by atoms with van der Waals surface area (Å²) in [5.74, 6) is -1.79. The summed E-state index contributed by atoms with van der Waals surface area (Å²) in [7, 11) is 0. The molecule has 1 rings (SSSR count). The molecule has 0 bridgehead atoms. The molecule has 1 unspecified atom stereocenters. The van der Waals surface area contributed by atoms with E-state index >= 15 is 0 Å². The lowest BCUT2D eigenvalue weighted by Crippen LogP contribution is -2.25. The lowest BCUT2D eigenvalue weighted by molar-refractivity contribution is -0.121. The number of benzene rings is 1. The third-order valence-corrected chi connectivity index (χ3v) is 2.41. The number of alkyl halides is 1. The van der Waals surface area contributed by atoms with Crippen LogP contribution in [-0.4, -0.2) is 17.7 Å². The Bertz CT molecular complexity index is 582. The second kappa shape index (κ2) is 5.70. The molecule has 0 aromatic heterocycles. The van der Waals surface area contributed by atoms with Crippen molar-refractivity contribution in [3.05, 3.63) is 34.9 Å². The second-order valence-electron chi connectivity index (χ2n) is 3.53. The van der Waals surface area contributed by atoms with Crippen LogP contribution in [0.5, 0.6) is 0 Å². The van der Waals surface area contributed by atoms with Crippen LogP contribution in [0.1, 0.15) is 34.8 Å². The highest BCUT2D eigenvalue weighted by Crippen LogP contribution is 2.14. The molecular weight excluding hydrogens is 235 g/mol. The van der Waals surface area contributed by atoms with Gasteiger partial charge in [0.1, 0.15) is 12.1 Å². The van der Waals surface area contributed by atoms with Crippen LogP contribution in [-0.2, 0) is 4.79 Å². The Balaban J connectivity index is 3.13. The quantitative estimate of drug-likeness (QED) is 0.598. The van der Waals surface area contributed by atoms with Crippen molar-refractivity contribution in [3.63, 3.8) is 0 Å². The minimum Gasteiger partial charge on any atom is -0.296 e. The van der Waals surface area contributed by atoms with Crippen LogP contribution < -0.4 is 0 Å². The summed E-state index contributed by atoms with van der Waals surface area (Å²) in [5, 5.41) is 17.5. The van der Waals surface area contributed by atoms with Gasteiger partial charge >= 0.3 is 0 Å². The molecule has 0 radical (unpaired) electrons. The highest BCUT2D eigenvalue weighted by atomic mass is 19.1. The van der Waals surface area contributed by atoms with E-state index in [-0.39, 0.29) is 23.1 Å². The van der Waals surface area contributed by atoms with Crippen LogP contribution in [0.3, 0.4) is 0 Å². The predicted octanol–water partition coefficient (Wildman–Crippen LogP) is 1.93. The zero-order valence-electron chi connectivity index (χ0n) is 9.61. The van der Waals surface area contributed by atoms with E-state index in [0.29, 0.717) is 0 Å². The number of rotatable bonds is 4. The molecule has 0 N–H and O–H groups in total. The molecule has 0 heterocycles. The summed E-state index contributed by atoms with van der Waals surface area (Å²) in [6.45, 7) is 1.46. The van der Waals surface area contributed by atoms with Crippen molar-refractivity contribution >= 4 is 11.6 Å². The topological polar surface area (TPSA) is 81.7 Å². The Labute approximate surface area is 103 Å². The molecule has 4 nitrogen and oxygen atoms in total. The molecule has 0 amide bonds. The molecular formula is C13H9FN2O2. The summed E-state index contributed by atoms with van der Waals surface area (Å²) < 4.78 is 13.4. The lowest BCUT2D eigenvalue weighted by Gasteiger charge is -2.05. The fourth-order valence-corrected chi connectivity index (χ4v) is 1.36. The maximum absolute atomic E-state index is 13.4. The summed E-state index contributed by atoms with van der Waals surface area (Å²) in [6, 6.07) is 7.14. The molecule has 1 atom stereocenters. The van der Waals surface area contributed by atoms with Gasteiger partial charge in [-0.25, -0.2) is 4.39 Å². The van der Waals surface area contributed by atoms with Gasteiger partial charge < -0.3 is 0 Å². The van der Waals surface area contributed by atoms with Gasteiger partial charge in [0.05, 0.1) is 11.1 Å². The van der Waals surface area contributed by atoms with E-state index in [1.807, 2.05) is 0 Å². The first-order chi connectivity index (χ1) is 8.54. The maximum atomic E-state index is 13.4. The number of carbonyl (C=O) groups excluding carboxylic acids is 2. The second-order valence-corrected chi connectivity index (χ2v) is 3.53. The highest BCUT2D eigenvalue weighted by molar-refractivity contribution is 6.13. The van der Waals surface area contributed by atoms with Gasteiger partial charge in [0, 0.05) is 12.0 Å². The van der Waals surface area contributed by atoms with E-state index in [1.54, 1.807) is 12.1 Å². The van der Waals surface area contributed by atoms with Crippen molar-refractivity contribution in [3.8, 4) is 12.1 Å². The number of nitriles is 2. The van der Waals surface area contributed by atoms with Crippen LogP contribution in [0, 0.1) is 22.7 Å². The first-order valence-corrected chi connectivity index (χ1v) is 5.20. The largest absolute Gasteiger partial charge is 0.296 e. The van der Waals surface area contributed by atoms with E-state index in [9.17, 15) is 14.0 Å². The fourth-order valence-electron chi connectivity index (χ4n) is 1.36. The van der Waals surface area contributed by atoms with Gasteiger partial charge in [-0.2, -0.15) is 10.5 Å². The summed E-state index contributed by atoms with van der Waals surface area (Å²) in [6.07, 6.45) is -2.29. The molecule has 18 heavy (non-hydrogen) atoms. The normalized spacial score (nSPS) is 11.1.